The molecule has 1 unspecified atom stereocenters. The maximum absolute atomic E-state index is 12.4. The fraction of sp³-hybridized carbons (Fsp3) is 0.556. The second-order valence-electron chi connectivity index (χ2n) is 6.29. The van der Waals surface area contributed by atoms with Crippen molar-refractivity contribution >= 4 is 11.9 Å². The molecule has 126 valence electrons. The Kier molecular flexibility index (Phi) is 6.91. The fourth-order valence-corrected chi connectivity index (χ4v) is 3.18. The Labute approximate surface area is 138 Å². The zero-order valence-corrected chi connectivity index (χ0v) is 13.6. The predicted molar refractivity (Wildman–Crippen MR) is 90.8 cm³/mol. The summed E-state index contributed by atoms with van der Waals surface area (Å²) in [7, 11) is 0. The Bertz CT molecular complexity index is 496. The van der Waals surface area contributed by atoms with Gasteiger partial charge in [-0.3, -0.25) is 4.79 Å². The van der Waals surface area contributed by atoms with Crippen LogP contribution in [-0.2, 0) is 4.79 Å². The maximum Gasteiger partial charge on any atom is 0.312 e. The summed E-state index contributed by atoms with van der Waals surface area (Å²) in [5.74, 6) is -0.0295. The van der Waals surface area contributed by atoms with Crippen molar-refractivity contribution in [2.24, 2.45) is 5.73 Å². The van der Waals surface area contributed by atoms with Gasteiger partial charge in [0.15, 0.2) is 0 Å². The van der Waals surface area contributed by atoms with E-state index in [0.717, 1.165) is 18.4 Å². The van der Waals surface area contributed by atoms with Crippen LogP contribution in [0.5, 0.6) is 0 Å². The van der Waals surface area contributed by atoms with Gasteiger partial charge in [-0.05, 0) is 18.4 Å². The Balaban J connectivity index is 1.92. The van der Waals surface area contributed by atoms with Crippen LogP contribution in [0.1, 0.15) is 63.0 Å². The summed E-state index contributed by atoms with van der Waals surface area (Å²) < 4.78 is 0. The molecule has 0 spiro atoms. The molecule has 1 aromatic rings. The van der Waals surface area contributed by atoms with E-state index < -0.39 is 6.03 Å². The molecule has 0 saturated heterocycles. The lowest BCUT2D eigenvalue weighted by molar-refractivity contribution is -0.122. The number of benzene rings is 1. The van der Waals surface area contributed by atoms with E-state index in [1.54, 1.807) is 0 Å². The third-order valence-corrected chi connectivity index (χ3v) is 4.38. The first kappa shape index (κ1) is 17.3. The average Bonchev–Trinajstić information content (AvgIpc) is 2.49. The number of carbonyl (C=O) groups is 2. The molecule has 1 aliphatic rings. The van der Waals surface area contributed by atoms with Crippen molar-refractivity contribution in [2.75, 3.05) is 0 Å². The lowest BCUT2D eigenvalue weighted by Crippen LogP contribution is -2.40. The molecular weight excluding hydrogens is 290 g/mol. The van der Waals surface area contributed by atoms with Gasteiger partial charge in [0.1, 0.15) is 0 Å². The molecule has 23 heavy (non-hydrogen) atoms. The highest BCUT2D eigenvalue weighted by Gasteiger charge is 2.20. The summed E-state index contributed by atoms with van der Waals surface area (Å²) >= 11 is 0. The van der Waals surface area contributed by atoms with Gasteiger partial charge in [0.05, 0.1) is 12.5 Å². The van der Waals surface area contributed by atoms with Crippen molar-refractivity contribution in [2.45, 2.75) is 63.5 Å². The molecule has 1 saturated carbocycles. The van der Waals surface area contributed by atoms with Crippen molar-refractivity contribution in [1.29, 1.82) is 0 Å². The summed E-state index contributed by atoms with van der Waals surface area (Å²) in [6.07, 6.45) is 8.46. The number of urea groups is 1. The van der Waals surface area contributed by atoms with E-state index in [0.29, 0.717) is 0 Å². The molecule has 5 nitrogen and oxygen atoms in total. The predicted octanol–water partition coefficient (Wildman–Crippen LogP) is 3.02. The second-order valence-corrected chi connectivity index (χ2v) is 6.29. The van der Waals surface area contributed by atoms with Gasteiger partial charge in [-0.2, -0.15) is 0 Å². The summed E-state index contributed by atoms with van der Waals surface area (Å²) in [6.45, 7) is 0. The molecule has 0 radical (unpaired) electrons. The molecule has 0 aliphatic heterocycles. The van der Waals surface area contributed by atoms with Crippen molar-refractivity contribution in [3.63, 3.8) is 0 Å². The zero-order chi connectivity index (χ0) is 16.5. The minimum atomic E-state index is -0.613. The first-order valence-corrected chi connectivity index (χ1v) is 8.55. The van der Waals surface area contributed by atoms with Crippen LogP contribution in [-0.4, -0.2) is 18.0 Å². The largest absolute Gasteiger partial charge is 0.353 e. The highest BCUT2D eigenvalue weighted by Crippen LogP contribution is 2.19. The highest BCUT2D eigenvalue weighted by molar-refractivity contribution is 5.79. The number of amides is 3. The third kappa shape index (κ3) is 6.30. The lowest BCUT2D eigenvalue weighted by Gasteiger charge is -2.23. The van der Waals surface area contributed by atoms with E-state index in [2.05, 4.69) is 10.6 Å². The van der Waals surface area contributed by atoms with Gasteiger partial charge < -0.3 is 16.4 Å². The van der Waals surface area contributed by atoms with Crippen molar-refractivity contribution < 1.29 is 9.59 Å². The van der Waals surface area contributed by atoms with Crippen molar-refractivity contribution in [3.05, 3.63) is 35.9 Å². The number of hydrogen-bond donors (Lipinski definition) is 3. The smallest absolute Gasteiger partial charge is 0.312 e. The monoisotopic (exact) mass is 317 g/mol. The Morgan fingerprint density at radius 1 is 1.04 bits per heavy atom. The van der Waals surface area contributed by atoms with Crippen LogP contribution < -0.4 is 16.4 Å². The third-order valence-electron chi connectivity index (χ3n) is 4.38. The van der Waals surface area contributed by atoms with Crippen LogP contribution in [0.15, 0.2) is 30.3 Å². The van der Waals surface area contributed by atoms with Gasteiger partial charge in [-0.25, -0.2) is 4.79 Å². The van der Waals surface area contributed by atoms with E-state index in [9.17, 15) is 9.59 Å². The molecule has 1 fully saturated rings. The van der Waals surface area contributed by atoms with E-state index in [4.69, 9.17) is 5.73 Å². The summed E-state index contributed by atoms with van der Waals surface area (Å²) in [5.41, 5.74) is 6.14. The first-order valence-electron chi connectivity index (χ1n) is 8.55. The molecule has 1 aromatic carbocycles. The van der Waals surface area contributed by atoms with Gasteiger partial charge >= 0.3 is 6.03 Å². The minimum Gasteiger partial charge on any atom is -0.353 e. The topological polar surface area (TPSA) is 84.2 Å². The van der Waals surface area contributed by atoms with Crippen molar-refractivity contribution in [1.82, 2.24) is 10.6 Å². The van der Waals surface area contributed by atoms with Crippen LogP contribution in [0.2, 0.25) is 0 Å². The maximum atomic E-state index is 12.4. The quantitative estimate of drug-likeness (QED) is 0.780. The van der Waals surface area contributed by atoms with Crippen LogP contribution in [0.25, 0.3) is 0 Å². The number of hydrogen-bond acceptors (Lipinski definition) is 2. The van der Waals surface area contributed by atoms with Gasteiger partial charge in [0.25, 0.3) is 0 Å². The number of nitrogens with two attached hydrogens (primary N) is 1. The minimum absolute atomic E-state index is 0.0295. The van der Waals surface area contributed by atoms with Gasteiger partial charge in [-0.1, -0.05) is 62.4 Å². The van der Waals surface area contributed by atoms with E-state index in [-0.39, 0.29) is 24.4 Å². The van der Waals surface area contributed by atoms with Gasteiger partial charge in [-0.15, -0.1) is 0 Å². The number of rotatable bonds is 5. The van der Waals surface area contributed by atoms with Crippen LogP contribution in [0, 0.1) is 0 Å². The molecule has 1 atom stereocenters. The standard InChI is InChI=1S/C18H27N3O2/c19-18(23)21-16(14-9-5-4-6-10-14)13-17(22)20-15-11-7-2-1-3-8-12-15/h4-6,9-10,15-16H,1-3,7-8,11-13H2,(H,20,22)(H3,19,21,23). The number of carbonyl (C=O) groups excluding carboxylic acids is 2. The summed E-state index contributed by atoms with van der Waals surface area (Å²) in [5, 5.41) is 5.79. The Morgan fingerprint density at radius 3 is 2.26 bits per heavy atom. The highest BCUT2D eigenvalue weighted by atomic mass is 16.2. The molecular formula is C18H27N3O2. The van der Waals surface area contributed by atoms with E-state index >= 15 is 0 Å². The SMILES string of the molecule is NC(=O)NC(CC(=O)NC1CCCCCCC1)c1ccccc1. The number of nitrogens with one attached hydrogen (secondary N) is 2. The Morgan fingerprint density at radius 2 is 1.65 bits per heavy atom. The average molecular weight is 317 g/mol. The molecule has 0 bridgehead atoms. The molecule has 0 heterocycles. The molecule has 3 amide bonds. The Hall–Kier alpha value is -2.04. The van der Waals surface area contributed by atoms with Gasteiger partial charge in [0, 0.05) is 6.04 Å². The molecule has 0 aromatic heterocycles. The van der Waals surface area contributed by atoms with E-state index in [1.807, 2.05) is 30.3 Å². The van der Waals surface area contributed by atoms with E-state index in [1.165, 1.54) is 32.1 Å². The lowest BCUT2D eigenvalue weighted by atomic mass is 9.96. The number of primary amides is 1. The molecule has 5 heteroatoms. The summed E-state index contributed by atoms with van der Waals surface area (Å²) in [4.78, 5) is 23.6. The zero-order valence-electron chi connectivity index (χ0n) is 13.6. The molecule has 1 aliphatic carbocycles. The van der Waals surface area contributed by atoms with Crippen molar-refractivity contribution in [3.8, 4) is 0 Å². The fourth-order valence-electron chi connectivity index (χ4n) is 3.18. The van der Waals surface area contributed by atoms with Gasteiger partial charge in [0.2, 0.25) is 5.91 Å². The van der Waals surface area contributed by atoms with Crippen LogP contribution in [0.4, 0.5) is 4.79 Å². The molecule has 4 N–H and O–H groups in total. The first-order chi connectivity index (χ1) is 11.1. The summed E-state index contributed by atoms with van der Waals surface area (Å²) in [6, 6.07) is 8.72. The second kappa shape index (κ2) is 9.18. The normalized spacial score (nSPS) is 17.6. The van der Waals surface area contributed by atoms with Crippen LogP contribution >= 0.6 is 0 Å². The van der Waals surface area contributed by atoms with Crippen LogP contribution in [0.3, 0.4) is 0 Å². The molecule has 2 rings (SSSR count).